The smallest absolute Gasteiger partial charge is 0.406 e. The lowest BCUT2D eigenvalue weighted by molar-refractivity contribution is -0.275. The Morgan fingerprint density at radius 3 is 1.79 bits per heavy atom. The van der Waals surface area contributed by atoms with Gasteiger partial charge in [-0.3, -0.25) is 0 Å². The first-order valence-electron chi connectivity index (χ1n) is 9.22. The first kappa shape index (κ1) is 25.0. The van der Waals surface area contributed by atoms with E-state index in [4.69, 9.17) is 0 Å². The van der Waals surface area contributed by atoms with Crippen LogP contribution in [0.15, 0.2) is 86.7 Å². The summed E-state index contributed by atoms with van der Waals surface area (Å²) in [4.78, 5) is -0.814. The number of benzene rings is 3. The standard InChI is InChI=1S/C21H14F6N2O4S/c1-13-2-9-17(10-3-13)34(30,31)19-12-16(33-21(25,26)27)8-11-18(19)29-28-14-4-6-15(7-5-14)32-20(22,23)24/h2-12H,1H3. The molecule has 0 aliphatic carbocycles. The van der Waals surface area contributed by atoms with Crippen molar-refractivity contribution in [2.24, 2.45) is 10.2 Å². The predicted molar refractivity (Wildman–Crippen MR) is 107 cm³/mol. The maximum atomic E-state index is 13.1. The molecule has 0 N–H and O–H groups in total. The molecule has 0 saturated heterocycles. The third kappa shape index (κ3) is 6.70. The van der Waals surface area contributed by atoms with E-state index < -0.39 is 39.0 Å². The van der Waals surface area contributed by atoms with Crippen LogP contribution in [0.4, 0.5) is 37.7 Å². The van der Waals surface area contributed by atoms with Crippen LogP contribution in [-0.4, -0.2) is 21.1 Å². The van der Waals surface area contributed by atoms with E-state index in [0.29, 0.717) is 6.07 Å². The van der Waals surface area contributed by atoms with Crippen LogP contribution in [0.5, 0.6) is 11.5 Å². The van der Waals surface area contributed by atoms with Crippen molar-refractivity contribution in [3.8, 4) is 11.5 Å². The number of rotatable bonds is 6. The monoisotopic (exact) mass is 504 g/mol. The molecule has 0 spiro atoms. The molecule has 3 aromatic carbocycles. The third-order valence-electron chi connectivity index (χ3n) is 4.13. The van der Waals surface area contributed by atoms with Crippen molar-refractivity contribution in [3.63, 3.8) is 0 Å². The molecule has 13 heteroatoms. The van der Waals surface area contributed by atoms with Crippen molar-refractivity contribution in [2.45, 2.75) is 29.4 Å². The topological polar surface area (TPSA) is 77.3 Å². The minimum Gasteiger partial charge on any atom is -0.406 e. The molecule has 3 aromatic rings. The maximum absolute atomic E-state index is 13.1. The van der Waals surface area contributed by atoms with Gasteiger partial charge in [0.15, 0.2) is 0 Å². The van der Waals surface area contributed by atoms with Crippen LogP contribution in [0, 0.1) is 6.92 Å². The number of sulfone groups is 1. The largest absolute Gasteiger partial charge is 0.573 e. The van der Waals surface area contributed by atoms with Gasteiger partial charge >= 0.3 is 12.7 Å². The fourth-order valence-corrected chi connectivity index (χ4v) is 4.06. The zero-order valence-corrected chi connectivity index (χ0v) is 17.9. The fraction of sp³-hybridized carbons (Fsp3) is 0.143. The molecule has 0 saturated carbocycles. The second kappa shape index (κ2) is 9.33. The van der Waals surface area contributed by atoms with Crippen LogP contribution in [0.1, 0.15) is 5.56 Å². The van der Waals surface area contributed by atoms with Gasteiger partial charge in [0, 0.05) is 6.07 Å². The zero-order chi connectivity index (χ0) is 25.1. The maximum Gasteiger partial charge on any atom is 0.573 e. The zero-order valence-electron chi connectivity index (χ0n) is 17.1. The number of alkyl halides is 6. The highest BCUT2D eigenvalue weighted by atomic mass is 32.2. The van der Waals surface area contributed by atoms with Gasteiger partial charge in [-0.1, -0.05) is 17.7 Å². The van der Waals surface area contributed by atoms with Crippen molar-refractivity contribution < 1.29 is 44.2 Å². The number of azo groups is 1. The van der Waals surface area contributed by atoms with Crippen molar-refractivity contribution in [3.05, 3.63) is 72.3 Å². The SMILES string of the molecule is Cc1ccc(S(=O)(=O)c2cc(OC(F)(F)F)ccc2N=Nc2ccc(OC(F)(F)F)cc2)cc1. The molecule has 0 unspecified atom stereocenters. The summed E-state index contributed by atoms with van der Waals surface area (Å²) in [7, 11) is -4.34. The van der Waals surface area contributed by atoms with Gasteiger partial charge in [-0.25, -0.2) is 8.42 Å². The normalized spacial score (nSPS) is 12.7. The molecule has 6 nitrogen and oxygen atoms in total. The van der Waals surface area contributed by atoms with Crippen molar-refractivity contribution in [1.82, 2.24) is 0 Å². The minimum atomic E-state index is -5.06. The summed E-state index contributed by atoms with van der Waals surface area (Å²) in [6.07, 6.45) is -9.95. The first-order chi connectivity index (χ1) is 15.7. The number of hydrogen-bond donors (Lipinski definition) is 0. The molecule has 3 rings (SSSR count). The number of hydrogen-bond acceptors (Lipinski definition) is 6. The van der Waals surface area contributed by atoms with Crippen LogP contribution in [0.2, 0.25) is 0 Å². The van der Waals surface area contributed by atoms with Gasteiger partial charge in [-0.15, -0.1) is 31.5 Å². The molecule has 0 amide bonds. The van der Waals surface area contributed by atoms with Gasteiger partial charge in [0.25, 0.3) is 0 Å². The molecule has 0 aliphatic rings. The van der Waals surface area contributed by atoms with Gasteiger partial charge in [0.2, 0.25) is 9.84 Å². The Balaban J connectivity index is 2.00. The fourth-order valence-electron chi connectivity index (χ4n) is 2.66. The van der Waals surface area contributed by atoms with E-state index in [0.717, 1.165) is 42.0 Å². The van der Waals surface area contributed by atoms with Crippen LogP contribution >= 0.6 is 0 Å². The Bertz CT molecular complexity index is 1290. The van der Waals surface area contributed by atoms with Gasteiger partial charge in [0.05, 0.1) is 10.6 Å². The quantitative estimate of drug-likeness (QED) is 0.267. The molecular weight excluding hydrogens is 490 g/mol. The van der Waals surface area contributed by atoms with Crippen molar-refractivity contribution in [2.75, 3.05) is 0 Å². The second-order valence-electron chi connectivity index (χ2n) is 6.74. The summed E-state index contributed by atoms with van der Waals surface area (Å²) in [6.45, 7) is 1.72. The van der Waals surface area contributed by atoms with Gasteiger partial charge < -0.3 is 9.47 Å². The summed E-state index contributed by atoms with van der Waals surface area (Å²) in [5.74, 6) is -1.30. The number of ether oxygens (including phenoxy) is 2. The predicted octanol–water partition coefficient (Wildman–Crippen LogP) is 7.04. The molecule has 0 aliphatic heterocycles. The Morgan fingerprint density at radius 2 is 1.24 bits per heavy atom. The van der Waals surface area contributed by atoms with E-state index >= 15 is 0 Å². The molecule has 0 aromatic heterocycles. The highest BCUT2D eigenvalue weighted by Gasteiger charge is 2.33. The van der Waals surface area contributed by atoms with Crippen LogP contribution in [0.25, 0.3) is 0 Å². The average Bonchev–Trinajstić information content (AvgIpc) is 2.72. The van der Waals surface area contributed by atoms with Crippen molar-refractivity contribution in [1.29, 1.82) is 0 Å². The molecule has 180 valence electrons. The highest BCUT2D eigenvalue weighted by Crippen LogP contribution is 2.36. The molecule has 0 atom stereocenters. The Hall–Kier alpha value is -3.61. The van der Waals surface area contributed by atoms with Gasteiger partial charge in [-0.2, -0.15) is 5.11 Å². The molecule has 0 radical (unpaired) electrons. The highest BCUT2D eigenvalue weighted by molar-refractivity contribution is 7.91. The lowest BCUT2D eigenvalue weighted by Gasteiger charge is -2.12. The molecule has 0 heterocycles. The van der Waals surface area contributed by atoms with E-state index in [-0.39, 0.29) is 16.3 Å². The third-order valence-corrected chi connectivity index (χ3v) is 5.93. The average molecular weight is 504 g/mol. The van der Waals surface area contributed by atoms with Crippen LogP contribution < -0.4 is 9.47 Å². The molecule has 0 bridgehead atoms. The van der Waals surface area contributed by atoms with Crippen molar-refractivity contribution >= 4 is 21.2 Å². The molecular formula is C21H14F6N2O4S. The number of halogens is 6. The number of nitrogens with zero attached hydrogens (tertiary/aromatic N) is 2. The van der Waals surface area contributed by atoms with E-state index in [9.17, 15) is 34.8 Å². The summed E-state index contributed by atoms with van der Waals surface area (Å²) < 4.78 is 109. The summed E-state index contributed by atoms with van der Waals surface area (Å²) in [5.41, 5.74) is 0.473. The van der Waals surface area contributed by atoms with E-state index in [2.05, 4.69) is 19.7 Å². The van der Waals surface area contributed by atoms with Gasteiger partial charge in [-0.05, 0) is 55.5 Å². The summed E-state index contributed by atoms with van der Waals surface area (Å²) in [5, 5.41) is 7.53. The first-order valence-corrected chi connectivity index (χ1v) is 10.7. The second-order valence-corrected chi connectivity index (χ2v) is 8.65. The summed E-state index contributed by atoms with van der Waals surface area (Å²) in [6, 6.07) is 12.2. The minimum absolute atomic E-state index is 0.0313. The van der Waals surface area contributed by atoms with E-state index in [1.54, 1.807) is 6.92 Å². The lowest BCUT2D eigenvalue weighted by Crippen LogP contribution is -2.17. The Kier molecular flexibility index (Phi) is 6.87. The van der Waals surface area contributed by atoms with E-state index in [1.807, 2.05) is 0 Å². The van der Waals surface area contributed by atoms with Crippen LogP contribution in [-0.2, 0) is 9.84 Å². The molecule has 0 fully saturated rings. The van der Waals surface area contributed by atoms with Gasteiger partial charge in [0.1, 0.15) is 22.1 Å². The lowest BCUT2D eigenvalue weighted by atomic mass is 10.2. The van der Waals surface area contributed by atoms with E-state index in [1.165, 1.54) is 24.3 Å². The Morgan fingerprint density at radius 1 is 0.706 bits per heavy atom. The van der Waals surface area contributed by atoms with Crippen LogP contribution in [0.3, 0.4) is 0 Å². The summed E-state index contributed by atoms with van der Waals surface area (Å²) >= 11 is 0. The molecule has 34 heavy (non-hydrogen) atoms. The number of aryl methyl sites for hydroxylation is 1. The Labute approximate surface area is 189 Å².